The highest BCUT2D eigenvalue weighted by atomic mass is 16.6. The van der Waals surface area contributed by atoms with Gasteiger partial charge in [-0.15, -0.1) is 0 Å². The smallest absolute Gasteiger partial charge is 0.306 e. The molecule has 5 heterocycles. The number of methoxy groups -OCH3 is 1. The van der Waals surface area contributed by atoms with Crippen molar-refractivity contribution in [2.75, 3.05) is 7.11 Å². The summed E-state index contributed by atoms with van der Waals surface area (Å²) in [6.45, 7) is 12.4. The molecule has 1 aromatic carbocycles. The number of aromatic nitrogens is 4. The van der Waals surface area contributed by atoms with Gasteiger partial charge in [0.1, 0.15) is 6.61 Å². The highest BCUT2D eigenvalue weighted by Crippen LogP contribution is 2.38. The zero-order valence-corrected chi connectivity index (χ0v) is 31.4. The number of aryl methyl sites for hydroxylation is 4. The molecule has 4 aromatic rings. The Morgan fingerprint density at radius 2 is 1.23 bits per heavy atom. The number of nitro groups is 1. The van der Waals surface area contributed by atoms with Gasteiger partial charge in [-0.2, -0.15) is 0 Å². The maximum Gasteiger partial charge on any atom is 0.306 e. The van der Waals surface area contributed by atoms with Crippen molar-refractivity contribution in [1.29, 1.82) is 0 Å². The first-order chi connectivity index (χ1) is 25.4. The first-order valence-electron chi connectivity index (χ1n) is 18.0. The molecule has 2 N–H and O–H groups in total. The van der Waals surface area contributed by atoms with Crippen LogP contribution in [0.4, 0.5) is 5.69 Å². The summed E-state index contributed by atoms with van der Waals surface area (Å²) in [5.41, 5.74) is 15.7. The van der Waals surface area contributed by atoms with Crippen LogP contribution in [0.1, 0.15) is 104 Å². The molecular formula is C42H45N5O6. The number of carbonyl (C=O) groups is 2. The van der Waals surface area contributed by atoms with Crippen LogP contribution in [0.2, 0.25) is 0 Å². The number of nitrogens with zero attached hydrogens (tertiary/aromatic N) is 3. The first-order valence-corrected chi connectivity index (χ1v) is 18.0. The van der Waals surface area contributed by atoms with Crippen LogP contribution in [0.3, 0.4) is 0 Å². The number of nitrogens with one attached hydrogen (secondary N) is 2. The fraction of sp³-hybridized carbons (Fsp3) is 0.333. The number of ether oxygens (including phenoxy) is 2. The lowest BCUT2D eigenvalue weighted by molar-refractivity contribution is -0.385. The van der Waals surface area contributed by atoms with Crippen molar-refractivity contribution >= 4 is 62.0 Å². The van der Waals surface area contributed by atoms with Crippen molar-refractivity contribution in [1.82, 2.24) is 19.9 Å². The second-order valence-electron chi connectivity index (χ2n) is 13.5. The van der Waals surface area contributed by atoms with Crippen LogP contribution < -0.4 is 0 Å². The van der Waals surface area contributed by atoms with E-state index in [0.717, 1.165) is 74.2 Å². The minimum Gasteiger partial charge on any atom is -0.469 e. The van der Waals surface area contributed by atoms with Gasteiger partial charge in [-0.1, -0.05) is 26.0 Å². The van der Waals surface area contributed by atoms with Crippen LogP contribution in [0.25, 0.3) is 44.4 Å². The second kappa shape index (κ2) is 15.4. The molecule has 2 aliphatic heterocycles. The molecule has 0 saturated carbocycles. The lowest BCUT2D eigenvalue weighted by Crippen LogP contribution is -2.06. The van der Waals surface area contributed by atoms with E-state index in [4.69, 9.17) is 19.4 Å². The van der Waals surface area contributed by atoms with Crippen molar-refractivity contribution in [3.8, 4) is 0 Å². The molecule has 0 amide bonds. The van der Waals surface area contributed by atoms with Crippen LogP contribution in [0, 0.1) is 24.0 Å². The maximum absolute atomic E-state index is 13.1. The first kappa shape index (κ1) is 36.9. The van der Waals surface area contributed by atoms with E-state index in [-0.39, 0.29) is 31.1 Å². The zero-order chi connectivity index (χ0) is 38.0. The van der Waals surface area contributed by atoms with Crippen molar-refractivity contribution in [3.63, 3.8) is 0 Å². The van der Waals surface area contributed by atoms with Crippen molar-refractivity contribution < 1.29 is 24.0 Å². The number of fused-ring (bicyclic) bond motifs is 8. The van der Waals surface area contributed by atoms with Crippen molar-refractivity contribution in [3.05, 3.63) is 109 Å². The van der Waals surface area contributed by atoms with Crippen molar-refractivity contribution in [2.24, 2.45) is 0 Å². The van der Waals surface area contributed by atoms with E-state index in [0.29, 0.717) is 29.8 Å². The minimum absolute atomic E-state index is 0.0457. The summed E-state index contributed by atoms with van der Waals surface area (Å²) in [7, 11) is 1.39. The quantitative estimate of drug-likeness (QED) is 0.0885. The molecule has 0 unspecified atom stereocenters. The lowest BCUT2D eigenvalue weighted by atomic mass is 9.98. The monoisotopic (exact) mass is 715 g/mol. The highest BCUT2D eigenvalue weighted by Gasteiger charge is 2.24. The number of para-hydroxylation sites is 1. The van der Waals surface area contributed by atoms with E-state index < -0.39 is 10.9 Å². The van der Waals surface area contributed by atoms with Crippen molar-refractivity contribution in [2.45, 2.75) is 86.7 Å². The molecule has 11 heteroatoms. The number of hydrogen-bond acceptors (Lipinski definition) is 8. The molecule has 3 aromatic heterocycles. The molecule has 0 fully saturated rings. The van der Waals surface area contributed by atoms with Crippen LogP contribution in [-0.4, -0.2) is 43.9 Å². The number of benzene rings is 1. The normalized spacial score (nSPS) is 12.7. The number of rotatable bonds is 11. The average molecular weight is 716 g/mol. The van der Waals surface area contributed by atoms with Crippen LogP contribution >= 0.6 is 0 Å². The summed E-state index contributed by atoms with van der Waals surface area (Å²) in [6.07, 6.45) is 2.69. The van der Waals surface area contributed by atoms with E-state index in [2.05, 4.69) is 55.9 Å². The topological polar surface area (TPSA) is 153 Å². The van der Waals surface area contributed by atoms with Gasteiger partial charge >= 0.3 is 11.9 Å². The van der Waals surface area contributed by atoms with Gasteiger partial charge in [0.15, 0.2) is 0 Å². The maximum atomic E-state index is 13.1. The molecule has 0 spiro atoms. The molecule has 0 radical (unpaired) electrons. The zero-order valence-electron chi connectivity index (χ0n) is 31.4. The third kappa shape index (κ3) is 7.42. The number of carbonyl (C=O) groups excluding carboxylic acids is 2. The van der Waals surface area contributed by atoms with Gasteiger partial charge < -0.3 is 19.4 Å². The predicted molar refractivity (Wildman–Crippen MR) is 208 cm³/mol. The molecule has 0 atom stereocenters. The minimum atomic E-state index is -0.482. The number of aromatic amines is 2. The summed E-state index contributed by atoms with van der Waals surface area (Å²) in [5, 5.41) is 11.5. The fourth-order valence-electron chi connectivity index (χ4n) is 7.36. The summed E-state index contributed by atoms with van der Waals surface area (Å²) in [4.78, 5) is 54.0. The molecular weight excluding hydrogens is 670 g/mol. The van der Waals surface area contributed by atoms with E-state index >= 15 is 0 Å². The van der Waals surface area contributed by atoms with E-state index in [1.165, 1.54) is 29.9 Å². The highest BCUT2D eigenvalue weighted by molar-refractivity contribution is 5.96. The van der Waals surface area contributed by atoms with Gasteiger partial charge in [-0.25, -0.2) is 9.97 Å². The molecule has 11 nitrogen and oxygen atoms in total. The van der Waals surface area contributed by atoms with Crippen LogP contribution in [-0.2, 0) is 38.5 Å². The molecule has 2 aliphatic rings. The second-order valence-corrected chi connectivity index (χ2v) is 13.5. The number of allylic oxidation sites excluding steroid dienone is 4. The fourth-order valence-corrected chi connectivity index (χ4v) is 7.36. The summed E-state index contributed by atoms with van der Waals surface area (Å²) in [6, 6.07) is 14.5. The van der Waals surface area contributed by atoms with E-state index in [1.54, 1.807) is 18.2 Å². The van der Waals surface area contributed by atoms with Gasteiger partial charge in [0.05, 0.1) is 40.4 Å². The molecule has 53 heavy (non-hydrogen) atoms. The Labute approximate surface area is 308 Å². The Morgan fingerprint density at radius 1 is 0.717 bits per heavy atom. The Bertz CT molecular complexity index is 2380. The van der Waals surface area contributed by atoms with Crippen LogP contribution in [0.5, 0.6) is 0 Å². The van der Waals surface area contributed by atoms with E-state index in [1.807, 2.05) is 19.9 Å². The van der Waals surface area contributed by atoms with Gasteiger partial charge in [0, 0.05) is 41.0 Å². The Kier molecular flexibility index (Phi) is 10.7. The average Bonchev–Trinajstić information content (AvgIpc) is 3.81. The standard InChI is InChI=1S/C42H45N5O6/c1-8-28-23(3)32-18-33-25(5)30(14-16-41(48)52-7)38(45-33)21-39-31(15-17-42(49)53-22-27-12-10-11-13-40(27)47(50)51)26(6)35(46-39)20-37-29(9-2)24(4)34(44-37)19-36(28)43-32/h10-13,18-21,43-44H,8-9,14-17,22H2,1-7H3. The number of nitro benzene ring substituents is 1. The Balaban J connectivity index is 1.50. The summed E-state index contributed by atoms with van der Waals surface area (Å²) < 4.78 is 10.5. The SMILES string of the molecule is CCc1c(C)c2cc3[nH]c(cc4nc(cc5nc(cc1[nH]2)C(C)=C5CCC(=O)OCc1ccccc1[N+](=O)[O-])C(CCC(=O)OC)=C4C)c(C)c3CC. The van der Waals surface area contributed by atoms with Gasteiger partial charge in [0.25, 0.3) is 5.69 Å². The molecule has 0 saturated heterocycles. The Morgan fingerprint density at radius 3 is 1.77 bits per heavy atom. The van der Waals surface area contributed by atoms with Gasteiger partial charge in [-0.05, 0) is 128 Å². The summed E-state index contributed by atoms with van der Waals surface area (Å²) >= 11 is 0. The molecule has 274 valence electrons. The number of H-pyrrole nitrogens is 2. The Hall–Kier alpha value is -5.84. The number of hydrogen-bond donors (Lipinski definition) is 2. The lowest BCUT2D eigenvalue weighted by Gasteiger charge is -2.08. The molecule has 0 aliphatic carbocycles. The van der Waals surface area contributed by atoms with E-state index in [9.17, 15) is 19.7 Å². The summed E-state index contributed by atoms with van der Waals surface area (Å²) in [5.74, 6) is -0.781. The third-order valence-corrected chi connectivity index (χ3v) is 10.5. The third-order valence-electron chi connectivity index (χ3n) is 10.5. The largest absolute Gasteiger partial charge is 0.469 e. The van der Waals surface area contributed by atoms with Gasteiger partial charge in [-0.3, -0.25) is 19.7 Å². The van der Waals surface area contributed by atoms with Gasteiger partial charge in [0.2, 0.25) is 0 Å². The molecule has 6 rings (SSSR count). The molecule has 8 bridgehead atoms. The number of esters is 2. The predicted octanol–water partition coefficient (Wildman–Crippen LogP) is 9.30. The van der Waals surface area contributed by atoms with Crippen LogP contribution in [0.15, 0.2) is 48.5 Å².